The maximum Gasteiger partial charge on any atom is 0.343 e. The molecule has 0 amide bonds. The molecule has 0 fully saturated rings. The number of fused-ring (bicyclic) bond motifs is 1. The van der Waals surface area contributed by atoms with E-state index < -0.39 is 5.97 Å². The number of nitrogens with zero attached hydrogens (tertiary/aromatic N) is 1. The van der Waals surface area contributed by atoms with Gasteiger partial charge in [-0.25, -0.2) is 4.79 Å². The number of nitrogens with one attached hydrogen (secondary N) is 1. The standard InChI is InChI=1S/C19H18N2O3/c1-4-24-19(23)16-10-20-17-9-13(5-6-15(17)18(16)22)14-7-11(2)21-12(3)8-14/h5-10H,4H2,1-3H3,(H,20,22). The van der Waals surface area contributed by atoms with E-state index in [2.05, 4.69) is 9.97 Å². The van der Waals surface area contributed by atoms with Gasteiger partial charge in [0.2, 0.25) is 5.43 Å². The highest BCUT2D eigenvalue weighted by molar-refractivity contribution is 5.94. The van der Waals surface area contributed by atoms with Crippen LogP contribution in [0.25, 0.3) is 22.0 Å². The molecule has 0 aliphatic carbocycles. The third-order valence-electron chi connectivity index (χ3n) is 3.79. The van der Waals surface area contributed by atoms with Crippen LogP contribution >= 0.6 is 0 Å². The molecular weight excluding hydrogens is 304 g/mol. The van der Waals surface area contributed by atoms with Crippen molar-refractivity contribution in [3.05, 3.63) is 63.7 Å². The van der Waals surface area contributed by atoms with E-state index in [1.54, 1.807) is 13.0 Å². The molecule has 0 saturated heterocycles. The first-order chi connectivity index (χ1) is 11.5. The van der Waals surface area contributed by atoms with Crippen LogP contribution in [0.2, 0.25) is 0 Å². The molecule has 24 heavy (non-hydrogen) atoms. The smallest absolute Gasteiger partial charge is 0.343 e. The number of esters is 1. The number of carbonyl (C=O) groups excluding carboxylic acids is 1. The minimum absolute atomic E-state index is 0.0210. The zero-order valence-corrected chi connectivity index (χ0v) is 13.8. The third-order valence-corrected chi connectivity index (χ3v) is 3.79. The quantitative estimate of drug-likeness (QED) is 0.750. The molecule has 0 radical (unpaired) electrons. The Labute approximate surface area is 139 Å². The van der Waals surface area contributed by atoms with Crippen LogP contribution in [-0.4, -0.2) is 22.5 Å². The van der Waals surface area contributed by atoms with Crippen LogP contribution in [-0.2, 0) is 4.74 Å². The Balaban J connectivity index is 2.11. The normalized spacial score (nSPS) is 10.8. The molecule has 0 saturated carbocycles. The van der Waals surface area contributed by atoms with E-state index in [1.807, 2.05) is 38.1 Å². The summed E-state index contributed by atoms with van der Waals surface area (Å²) in [7, 11) is 0. The summed E-state index contributed by atoms with van der Waals surface area (Å²) < 4.78 is 4.91. The second-order valence-corrected chi connectivity index (χ2v) is 5.65. The largest absolute Gasteiger partial charge is 0.462 e. The van der Waals surface area contributed by atoms with E-state index in [-0.39, 0.29) is 17.6 Å². The van der Waals surface area contributed by atoms with E-state index in [0.29, 0.717) is 10.9 Å². The molecule has 5 nitrogen and oxygen atoms in total. The molecule has 1 N–H and O–H groups in total. The number of pyridine rings is 2. The number of carbonyl (C=O) groups is 1. The number of benzene rings is 1. The maximum absolute atomic E-state index is 12.5. The maximum atomic E-state index is 12.5. The van der Waals surface area contributed by atoms with Gasteiger partial charge in [0.25, 0.3) is 0 Å². The first-order valence-corrected chi connectivity index (χ1v) is 7.78. The Kier molecular flexibility index (Phi) is 4.16. The first kappa shape index (κ1) is 15.9. The molecule has 0 aliphatic heterocycles. The highest BCUT2D eigenvalue weighted by Crippen LogP contribution is 2.23. The number of hydrogen-bond acceptors (Lipinski definition) is 4. The topological polar surface area (TPSA) is 72.1 Å². The second-order valence-electron chi connectivity index (χ2n) is 5.65. The van der Waals surface area contributed by atoms with E-state index in [1.165, 1.54) is 6.20 Å². The van der Waals surface area contributed by atoms with Gasteiger partial charge >= 0.3 is 5.97 Å². The average Bonchev–Trinajstić information content (AvgIpc) is 2.54. The Hall–Kier alpha value is -2.95. The number of aryl methyl sites for hydroxylation is 2. The van der Waals surface area contributed by atoms with Gasteiger partial charge in [-0.1, -0.05) is 6.07 Å². The predicted octanol–water partition coefficient (Wildman–Crippen LogP) is 3.38. The fourth-order valence-electron chi connectivity index (χ4n) is 2.76. The number of H-pyrrole nitrogens is 1. The number of ether oxygens (including phenoxy) is 1. The van der Waals surface area contributed by atoms with Crippen molar-refractivity contribution in [1.82, 2.24) is 9.97 Å². The Morgan fingerprint density at radius 3 is 2.50 bits per heavy atom. The van der Waals surface area contributed by atoms with Crippen LogP contribution in [0.3, 0.4) is 0 Å². The van der Waals surface area contributed by atoms with Crippen molar-refractivity contribution in [3.63, 3.8) is 0 Å². The summed E-state index contributed by atoms with van der Waals surface area (Å²) in [6.45, 7) is 5.84. The van der Waals surface area contributed by atoms with Gasteiger partial charge in [0, 0.05) is 28.5 Å². The van der Waals surface area contributed by atoms with Crippen LogP contribution in [0, 0.1) is 13.8 Å². The Morgan fingerprint density at radius 2 is 1.83 bits per heavy atom. The average molecular weight is 322 g/mol. The molecule has 1 aromatic carbocycles. The van der Waals surface area contributed by atoms with Crippen molar-refractivity contribution in [3.8, 4) is 11.1 Å². The number of rotatable bonds is 3. The van der Waals surface area contributed by atoms with Gasteiger partial charge < -0.3 is 9.72 Å². The van der Waals surface area contributed by atoms with Crippen molar-refractivity contribution in [1.29, 1.82) is 0 Å². The lowest BCUT2D eigenvalue weighted by Crippen LogP contribution is -2.18. The zero-order chi connectivity index (χ0) is 17.3. The van der Waals surface area contributed by atoms with Crippen LogP contribution in [0.4, 0.5) is 0 Å². The molecule has 2 heterocycles. The van der Waals surface area contributed by atoms with Crippen LogP contribution in [0.1, 0.15) is 28.7 Å². The van der Waals surface area contributed by atoms with Gasteiger partial charge in [-0.05, 0) is 56.2 Å². The Morgan fingerprint density at radius 1 is 1.12 bits per heavy atom. The van der Waals surface area contributed by atoms with Gasteiger partial charge in [-0.2, -0.15) is 0 Å². The molecule has 3 rings (SSSR count). The van der Waals surface area contributed by atoms with Crippen LogP contribution in [0.15, 0.2) is 41.3 Å². The summed E-state index contributed by atoms with van der Waals surface area (Å²) in [5, 5.41) is 0.465. The minimum atomic E-state index is -0.606. The molecule has 122 valence electrons. The SMILES string of the molecule is CCOC(=O)c1c[nH]c2cc(-c3cc(C)nc(C)c3)ccc2c1=O. The lowest BCUT2D eigenvalue weighted by atomic mass is 10.0. The van der Waals surface area contributed by atoms with Crippen LogP contribution < -0.4 is 5.43 Å². The van der Waals surface area contributed by atoms with Crippen molar-refractivity contribution >= 4 is 16.9 Å². The molecule has 3 aromatic rings. The number of aromatic amines is 1. The molecular formula is C19H18N2O3. The van der Waals surface area contributed by atoms with Gasteiger partial charge in [-0.3, -0.25) is 9.78 Å². The second kappa shape index (κ2) is 6.28. The molecule has 0 aliphatic rings. The van der Waals surface area contributed by atoms with Gasteiger partial charge in [0.15, 0.2) is 0 Å². The fourth-order valence-corrected chi connectivity index (χ4v) is 2.76. The number of aromatic nitrogens is 2. The van der Waals surface area contributed by atoms with E-state index in [4.69, 9.17) is 4.74 Å². The summed E-state index contributed by atoms with van der Waals surface area (Å²) in [6.07, 6.45) is 1.41. The highest BCUT2D eigenvalue weighted by Gasteiger charge is 2.14. The van der Waals surface area contributed by atoms with Gasteiger partial charge in [0.05, 0.1) is 6.61 Å². The van der Waals surface area contributed by atoms with E-state index in [0.717, 1.165) is 22.5 Å². The van der Waals surface area contributed by atoms with Crippen molar-refractivity contribution in [2.45, 2.75) is 20.8 Å². The molecule has 2 aromatic heterocycles. The van der Waals surface area contributed by atoms with E-state index in [9.17, 15) is 9.59 Å². The van der Waals surface area contributed by atoms with Gasteiger partial charge in [-0.15, -0.1) is 0 Å². The lowest BCUT2D eigenvalue weighted by Gasteiger charge is -2.07. The molecule has 0 unspecified atom stereocenters. The molecule has 0 atom stereocenters. The zero-order valence-electron chi connectivity index (χ0n) is 13.8. The number of hydrogen-bond donors (Lipinski definition) is 1. The molecule has 5 heteroatoms. The first-order valence-electron chi connectivity index (χ1n) is 7.78. The summed E-state index contributed by atoms with van der Waals surface area (Å²) in [5.74, 6) is -0.606. The lowest BCUT2D eigenvalue weighted by molar-refractivity contribution is 0.0524. The fraction of sp³-hybridized carbons (Fsp3) is 0.211. The van der Waals surface area contributed by atoms with Gasteiger partial charge in [0.1, 0.15) is 5.56 Å². The molecule has 0 spiro atoms. The van der Waals surface area contributed by atoms with Crippen molar-refractivity contribution in [2.75, 3.05) is 6.61 Å². The minimum Gasteiger partial charge on any atom is -0.462 e. The summed E-state index contributed by atoms with van der Waals surface area (Å²) >= 11 is 0. The van der Waals surface area contributed by atoms with Crippen LogP contribution in [0.5, 0.6) is 0 Å². The molecule has 0 bridgehead atoms. The monoisotopic (exact) mass is 322 g/mol. The predicted molar refractivity (Wildman–Crippen MR) is 93.2 cm³/mol. The van der Waals surface area contributed by atoms with Crippen molar-refractivity contribution in [2.24, 2.45) is 0 Å². The van der Waals surface area contributed by atoms with Crippen molar-refractivity contribution < 1.29 is 9.53 Å². The summed E-state index contributed by atoms with van der Waals surface area (Å²) in [5.41, 5.74) is 4.28. The Bertz CT molecular complexity index is 969. The summed E-state index contributed by atoms with van der Waals surface area (Å²) in [4.78, 5) is 31.7. The summed E-state index contributed by atoms with van der Waals surface area (Å²) in [6, 6.07) is 9.51. The highest BCUT2D eigenvalue weighted by atomic mass is 16.5. The third kappa shape index (κ3) is 2.93. The van der Waals surface area contributed by atoms with E-state index >= 15 is 0 Å².